The molecule has 0 aliphatic heterocycles. The van der Waals surface area contributed by atoms with Gasteiger partial charge in [-0.05, 0) is 19.4 Å². The number of rotatable bonds is 6. The number of methoxy groups -OCH3 is 1. The minimum Gasteiger partial charge on any atom is -0.385 e. The Morgan fingerprint density at radius 1 is 1.40 bits per heavy atom. The normalized spacial score (nSPS) is 13.1. The zero-order valence-electron chi connectivity index (χ0n) is 11.5. The Kier molecular flexibility index (Phi) is 4.94. The maximum atomic E-state index is 13.8. The zero-order chi connectivity index (χ0) is 14.7. The number of imidazole rings is 1. The van der Waals surface area contributed by atoms with Gasteiger partial charge in [0.2, 0.25) is 0 Å². The van der Waals surface area contributed by atoms with Gasteiger partial charge in [-0.25, -0.2) is 13.8 Å². The van der Waals surface area contributed by atoms with Crippen molar-refractivity contribution in [3.8, 4) is 0 Å². The predicted octanol–water partition coefficient (Wildman–Crippen LogP) is 3.69. The molecule has 6 heteroatoms. The lowest BCUT2D eigenvalue weighted by Crippen LogP contribution is -2.12. The molecule has 2 aromatic rings. The van der Waals surface area contributed by atoms with E-state index in [9.17, 15) is 8.78 Å². The number of alkyl halides is 1. The highest BCUT2D eigenvalue weighted by atomic mass is 35.5. The summed E-state index contributed by atoms with van der Waals surface area (Å²) in [4.78, 5) is 4.27. The number of aromatic nitrogens is 2. The standard InChI is InChI=1S/C14H17ClF2N2O/c1-9(4-6-20-2)19-12-8-10(16)7-11(17)14(12)18-13(19)3-5-15/h7-9H,3-6H2,1-2H3. The molecule has 0 spiro atoms. The number of hydrogen-bond donors (Lipinski definition) is 0. The molecule has 110 valence electrons. The van der Waals surface area contributed by atoms with Gasteiger partial charge < -0.3 is 9.30 Å². The van der Waals surface area contributed by atoms with Crippen LogP contribution in [0.3, 0.4) is 0 Å². The highest BCUT2D eigenvalue weighted by Crippen LogP contribution is 2.26. The van der Waals surface area contributed by atoms with E-state index in [0.717, 1.165) is 12.5 Å². The average molecular weight is 303 g/mol. The predicted molar refractivity (Wildman–Crippen MR) is 75.3 cm³/mol. The molecule has 1 aromatic carbocycles. The van der Waals surface area contributed by atoms with Crippen molar-refractivity contribution in [3.05, 3.63) is 29.6 Å². The van der Waals surface area contributed by atoms with Crippen molar-refractivity contribution in [1.29, 1.82) is 0 Å². The van der Waals surface area contributed by atoms with Crippen LogP contribution in [0.1, 0.15) is 25.2 Å². The van der Waals surface area contributed by atoms with Gasteiger partial charge in [0, 0.05) is 38.1 Å². The lowest BCUT2D eigenvalue weighted by molar-refractivity contribution is 0.181. The molecule has 0 N–H and O–H groups in total. The molecule has 0 amide bonds. The summed E-state index contributed by atoms with van der Waals surface area (Å²) < 4.78 is 34.2. The van der Waals surface area contributed by atoms with E-state index >= 15 is 0 Å². The van der Waals surface area contributed by atoms with Gasteiger partial charge in [-0.2, -0.15) is 0 Å². The molecule has 0 radical (unpaired) electrons. The van der Waals surface area contributed by atoms with Crippen LogP contribution >= 0.6 is 11.6 Å². The Hall–Kier alpha value is -1.20. The monoisotopic (exact) mass is 302 g/mol. The summed E-state index contributed by atoms with van der Waals surface area (Å²) in [6.07, 6.45) is 1.24. The Balaban J connectivity index is 2.55. The summed E-state index contributed by atoms with van der Waals surface area (Å²) in [7, 11) is 1.62. The Labute approximate surface area is 121 Å². The molecule has 1 heterocycles. The van der Waals surface area contributed by atoms with Crippen molar-refractivity contribution in [2.45, 2.75) is 25.8 Å². The molecular weight excluding hydrogens is 286 g/mol. The van der Waals surface area contributed by atoms with Crippen molar-refractivity contribution >= 4 is 22.6 Å². The molecule has 0 saturated heterocycles. The summed E-state index contributed by atoms with van der Waals surface area (Å²) in [5.74, 6) is -0.200. The minimum absolute atomic E-state index is 0.0272. The van der Waals surface area contributed by atoms with Crippen LogP contribution < -0.4 is 0 Å². The fraction of sp³-hybridized carbons (Fsp3) is 0.500. The van der Waals surface area contributed by atoms with Crippen LogP contribution in [0.25, 0.3) is 11.0 Å². The van der Waals surface area contributed by atoms with E-state index in [1.54, 1.807) is 7.11 Å². The first-order valence-corrected chi connectivity index (χ1v) is 7.02. The summed E-state index contributed by atoms with van der Waals surface area (Å²) in [5.41, 5.74) is 0.655. The second-order valence-electron chi connectivity index (χ2n) is 4.72. The highest BCUT2D eigenvalue weighted by Gasteiger charge is 2.18. The SMILES string of the molecule is COCCC(C)n1c(CCCl)nc2c(F)cc(F)cc21. The summed E-state index contributed by atoms with van der Waals surface area (Å²) in [6.45, 7) is 2.54. The first kappa shape index (κ1) is 15.2. The minimum atomic E-state index is -0.645. The molecular formula is C14H17ClF2N2O. The van der Waals surface area contributed by atoms with Gasteiger partial charge in [-0.3, -0.25) is 0 Å². The van der Waals surface area contributed by atoms with Crippen LogP contribution in [0.5, 0.6) is 0 Å². The van der Waals surface area contributed by atoms with Crippen molar-refractivity contribution < 1.29 is 13.5 Å². The Morgan fingerprint density at radius 3 is 2.80 bits per heavy atom. The van der Waals surface area contributed by atoms with Gasteiger partial charge in [0.05, 0.1) is 5.52 Å². The number of hydrogen-bond acceptors (Lipinski definition) is 2. The van der Waals surface area contributed by atoms with Gasteiger partial charge in [0.25, 0.3) is 0 Å². The summed E-state index contributed by atoms with van der Waals surface area (Å²) in [6, 6.07) is 2.19. The Bertz CT molecular complexity index is 600. The Morgan fingerprint density at radius 2 is 2.15 bits per heavy atom. The van der Waals surface area contributed by atoms with Crippen LogP contribution in [-0.2, 0) is 11.2 Å². The molecule has 0 aliphatic carbocycles. The second-order valence-corrected chi connectivity index (χ2v) is 5.10. The smallest absolute Gasteiger partial charge is 0.153 e. The number of benzene rings is 1. The van der Waals surface area contributed by atoms with Crippen LogP contribution in [0.15, 0.2) is 12.1 Å². The summed E-state index contributed by atoms with van der Waals surface area (Å²) in [5, 5.41) is 0. The van der Waals surface area contributed by atoms with Crippen LogP contribution in [0, 0.1) is 11.6 Å². The maximum absolute atomic E-state index is 13.8. The number of nitrogens with zero attached hydrogens (tertiary/aromatic N) is 2. The van der Waals surface area contributed by atoms with Crippen LogP contribution in [-0.4, -0.2) is 29.1 Å². The third-order valence-corrected chi connectivity index (χ3v) is 3.47. The average Bonchev–Trinajstić information content (AvgIpc) is 2.75. The third-order valence-electron chi connectivity index (χ3n) is 3.29. The number of aryl methyl sites for hydroxylation is 1. The van der Waals surface area contributed by atoms with Crippen LogP contribution in [0.4, 0.5) is 8.78 Å². The maximum Gasteiger partial charge on any atom is 0.153 e. The molecule has 1 unspecified atom stereocenters. The molecule has 20 heavy (non-hydrogen) atoms. The fourth-order valence-corrected chi connectivity index (χ4v) is 2.51. The molecule has 0 fully saturated rings. The first-order chi connectivity index (χ1) is 9.58. The lowest BCUT2D eigenvalue weighted by atomic mass is 10.2. The van der Waals surface area contributed by atoms with E-state index in [2.05, 4.69) is 4.98 Å². The van der Waals surface area contributed by atoms with Crippen molar-refractivity contribution in [2.75, 3.05) is 19.6 Å². The molecule has 2 rings (SSSR count). The molecule has 1 aromatic heterocycles. The van der Waals surface area contributed by atoms with Gasteiger partial charge in [0.15, 0.2) is 5.82 Å². The number of fused-ring (bicyclic) bond motifs is 1. The molecule has 0 bridgehead atoms. The van der Waals surface area contributed by atoms with E-state index in [0.29, 0.717) is 30.2 Å². The van der Waals surface area contributed by atoms with Gasteiger partial charge in [-0.1, -0.05) is 0 Å². The largest absolute Gasteiger partial charge is 0.385 e. The molecule has 3 nitrogen and oxygen atoms in total. The van der Waals surface area contributed by atoms with Gasteiger partial charge in [0.1, 0.15) is 17.2 Å². The fourth-order valence-electron chi connectivity index (χ4n) is 2.34. The summed E-state index contributed by atoms with van der Waals surface area (Å²) >= 11 is 5.77. The molecule has 0 aliphatic rings. The van der Waals surface area contributed by atoms with Crippen molar-refractivity contribution in [3.63, 3.8) is 0 Å². The lowest BCUT2D eigenvalue weighted by Gasteiger charge is -2.17. The third kappa shape index (κ3) is 2.94. The molecule has 1 atom stereocenters. The van der Waals surface area contributed by atoms with Gasteiger partial charge >= 0.3 is 0 Å². The van der Waals surface area contributed by atoms with Gasteiger partial charge in [-0.15, -0.1) is 11.6 Å². The van der Waals surface area contributed by atoms with E-state index < -0.39 is 11.6 Å². The van der Waals surface area contributed by atoms with E-state index in [1.165, 1.54) is 6.07 Å². The zero-order valence-corrected chi connectivity index (χ0v) is 12.3. The number of halogens is 3. The first-order valence-electron chi connectivity index (χ1n) is 6.49. The topological polar surface area (TPSA) is 27.1 Å². The molecule has 0 saturated carbocycles. The number of ether oxygens (including phenoxy) is 1. The second kappa shape index (κ2) is 6.50. The van der Waals surface area contributed by atoms with Crippen molar-refractivity contribution in [1.82, 2.24) is 9.55 Å². The van der Waals surface area contributed by atoms with Crippen LogP contribution in [0.2, 0.25) is 0 Å². The quantitative estimate of drug-likeness (QED) is 0.761. The van der Waals surface area contributed by atoms with Crippen molar-refractivity contribution in [2.24, 2.45) is 0 Å². The van der Waals surface area contributed by atoms with E-state index in [1.807, 2.05) is 11.5 Å². The van der Waals surface area contributed by atoms with E-state index in [4.69, 9.17) is 16.3 Å². The van der Waals surface area contributed by atoms with E-state index in [-0.39, 0.29) is 11.6 Å². The highest BCUT2D eigenvalue weighted by molar-refractivity contribution is 6.17.